The Labute approximate surface area is 107 Å². The van der Waals surface area contributed by atoms with Crippen LogP contribution in [0.2, 0.25) is 0 Å². The molecular formula is C12H10N2O5. The number of carbonyl (C=O) groups is 2. The highest BCUT2D eigenvalue weighted by Crippen LogP contribution is 2.22. The first-order valence-electron chi connectivity index (χ1n) is 5.26. The van der Waals surface area contributed by atoms with Crippen LogP contribution in [-0.4, -0.2) is 37.0 Å². The maximum atomic E-state index is 10.9. The number of aromatic nitrogens is 2. The van der Waals surface area contributed by atoms with E-state index in [1.54, 1.807) is 6.92 Å². The number of benzene rings is 1. The highest BCUT2D eigenvalue weighted by Gasteiger charge is 2.16. The van der Waals surface area contributed by atoms with Crippen LogP contribution in [-0.2, 0) is 0 Å². The molecule has 0 atom stereocenters. The highest BCUT2D eigenvalue weighted by atomic mass is 16.4. The van der Waals surface area contributed by atoms with Crippen LogP contribution >= 0.6 is 0 Å². The number of aromatic hydroxyl groups is 1. The van der Waals surface area contributed by atoms with Crippen LogP contribution in [0.25, 0.3) is 5.69 Å². The first-order chi connectivity index (χ1) is 8.91. The molecular weight excluding hydrogens is 252 g/mol. The average molecular weight is 262 g/mol. The zero-order valence-electron chi connectivity index (χ0n) is 9.86. The molecule has 19 heavy (non-hydrogen) atoms. The monoisotopic (exact) mass is 262 g/mol. The normalized spacial score (nSPS) is 10.4. The third kappa shape index (κ3) is 2.13. The lowest BCUT2D eigenvalue weighted by molar-refractivity contribution is 0.0683. The fourth-order valence-electron chi connectivity index (χ4n) is 1.71. The van der Waals surface area contributed by atoms with Gasteiger partial charge in [-0.25, -0.2) is 14.3 Å². The Kier molecular flexibility index (Phi) is 2.95. The van der Waals surface area contributed by atoms with Crippen LogP contribution in [0.15, 0.2) is 24.4 Å². The second-order valence-electron chi connectivity index (χ2n) is 3.87. The van der Waals surface area contributed by atoms with Crippen molar-refractivity contribution >= 4 is 11.9 Å². The molecule has 0 bridgehead atoms. The molecule has 0 amide bonds. The van der Waals surface area contributed by atoms with Gasteiger partial charge >= 0.3 is 11.9 Å². The molecule has 0 unspecified atom stereocenters. The second kappa shape index (κ2) is 4.45. The largest absolute Gasteiger partial charge is 0.507 e. The van der Waals surface area contributed by atoms with Crippen molar-refractivity contribution in [2.45, 2.75) is 6.92 Å². The molecule has 0 fully saturated rings. The molecule has 3 N–H and O–H groups in total. The summed E-state index contributed by atoms with van der Waals surface area (Å²) in [6, 6.07) is 3.90. The van der Waals surface area contributed by atoms with Gasteiger partial charge in [0.05, 0.1) is 17.6 Å². The molecule has 0 aliphatic heterocycles. The van der Waals surface area contributed by atoms with E-state index in [9.17, 15) is 14.7 Å². The first-order valence-corrected chi connectivity index (χ1v) is 5.26. The lowest BCUT2D eigenvalue weighted by Gasteiger charge is -2.07. The molecule has 1 heterocycles. The molecule has 0 aliphatic carbocycles. The van der Waals surface area contributed by atoms with Gasteiger partial charge in [0.25, 0.3) is 0 Å². The number of rotatable bonds is 3. The number of carboxylic acid groups (broad SMARTS) is 2. The third-order valence-corrected chi connectivity index (χ3v) is 2.70. The van der Waals surface area contributed by atoms with E-state index in [1.165, 1.54) is 29.1 Å². The molecule has 0 saturated heterocycles. The maximum Gasteiger partial charge on any atom is 0.339 e. The third-order valence-electron chi connectivity index (χ3n) is 2.70. The Bertz CT molecular complexity index is 675. The number of carboxylic acids is 2. The molecule has 0 saturated carbocycles. The number of nitrogens with zero attached hydrogens (tertiary/aromatic N) is 2. The molecule has 2 rings (SSSR count). The van der Waals surface area contributed by atoms with E-state index in [1.807, 2.05) is 0 Å². The topological polar surface area (TPSA) is 113 Å². The van der Waals surface area contributed by atoms with Crippen LogP contribution in [0.4, 0.5) is 0 Å². The Morgan fingerprint density at radius 2 is 1.79 bits per heavy atom. The van der Waals surface area contributed by atoms with Crippen LogP contribution in [0.1, 0.15) is 26.4 Å². The van der Waals surface area contributed by atoms with Gasteiger partial charge in [0.1, 0.15) is 16.9 Å². The molecule has 1 aromatic carbocycles. The Balaban J connectivity index is 2.57. The quantitative estimate of drug-likeness (QED) is 0.768. The fraction of sp³-hybridized carbons (Fsp3) is 0.0833. The zero-order valence-corrected chi connectivity index (χ0v) is 9.86. The van der Waals surface area contributed by atoms with Gasteiger partial charge in [-0.1, -0.05) is 0 Å². The molecule has 7 heteroatoms. The highest BCUT2D eigenvalue weighted by molar-refractivity contribution is 5.91. The van der Waals surface area contributed by atoms with E-state index in [0.29, 0.717) is 11.4 Å². The van der Waals surface area contributed by atoms with Crippen molar-refractivity contribution in [1.29, 1.82) is 0 Å². The van der Waals surface area contributed by atoms with E-state index in [4.69, 9.17) is 10.2 Å². The standard InChI is InChI=1S/C12H10N2O5/c1-6-9(12(18)19)5-13-14(6)7-2-3-10(15)8(4-7)11(16)17/h2-5,15H,1H3,(H,16,17)(H,18,19). The minimum Gasteiger partial charge on any atom is -0.507 e. The van der Waals surface area contributed by atoms with Crippen LogP contribution < -0.4 is 0 Å². The maximum absolute atomic E-state index is 10.9. The van der Waals surface area contributed by atoms with Crippen molar-refractivity contribution in [3.63, 3.8) is 0 Å². The van der Waals surface area contributed by atoms with Gasteiger partial charge in [-0.2, -0.15) is 5.10 Å². The lowest BCUT2D eigenvalue weighted by Crippen LogP contribution is -2.04. The van der Waals surface area contributed by atoms with Crippen molar-refractivity contribution in [3.8, 4) is 11.4 Å². The molecule has 0 radical (unpaired) electrons. The van der Waals surface area contributed by atoms with Gasteiger partial charge in [0.2, 0.25) is 0 Å². The van der Waals surface area contributed by atoms with Crippen LogP contribution in [0, 0.1) is 6.92 Å². The van der Waals surface area contributed by atoms with Gasteiger partial charge in [-0.3, -0.25) is 0 Å². The number of hydrogen-bond acceptors (Lipinski definition) is 4. The van der Waals surface area contributed by atoms with Crippen molar-refractivity contribution in [1.82, 2.24) is 9.78 Å². The van der Waals surface area contributed by atoms with E-state index in [-0.39, 0.29) is 16.9 Å². The van der Waals surface area contributed by atoms with Gasteiger partial charge in [0, 0.05) is 0 Å². The van der Waals surface area contributed by atoms with E-state index >= 15 is 0 Å². The van der Waals surface area contributed by atoms with Crippen LogP contribution in [0.5, 0.6) is 5.75 Å². The number of aromatic carboxylic acids is 2. The predicted octanol–water partition coefficient (Wildman–Crippen LogP) is 1.28. The minimum absolute atomic E-state index is 0.0324. The molecule has 0 aliphatic rings. The summed E-state index contributed by atoms with van der Waals surface area (Å²) in [6.45, 7) is 1.56. The van der Waals surface area contributed by atoms with E-state index in [0.717, 1.165) is 0 Å². The van der Waals surface area contributed by atoms with E-state index in [2.05, 4.69) is 5.10 Å². The van der Waals surface area contributed by atoms with Crippen molar-refractivity contribution in [3.05, 3.63) is 41.2 Å². The Morgan fingerprint density at radius 1 is 1.16 bits per heavy atom. The van der Waals surface area contributed by atoms with Crippen molar-refractivity contribution in [2.24, 2.45) is 0 Å². The van der Waals surface area contributed by atoms with Gasteiger partial charge < -0.3 is 15.3 Å². The van der Waals surface area contributed by atoms with Gasteiger partial charge in [0.15, 0.2) is 0 Å². The lowest BCUT2D eigenvalue weighted by atomic mass is 10.1. The predicted molar refractivity (Wildman–Crippen MR) is 63.9 cm³/mol. The van der Waals surface area contributed by atoms with Gasteiger partial charge in [-0.15, -0.1) is 0 Å². The number of phenols is 1. The summed E-state index contributed by atoms with van der Waals surface area (Å²) in [7, 11) is 0. The summed E-state index contributed by atoms with van der Waals surface area (Å²) in [5, 5.41) is 31.2. The Morgan fingerprint density at radius 3 is 2.32 bits per heavy atom. The summed E-state index contributed by atoms with van der Waals surface area (Å²) in [5.74, 6) is -2.75. The van der Waals surface area contributed by atoms with Crippen LogP contribution in [0.3, 0.4) is 0 Å². The Hall–Kier alpha value is -2.83. The molecule has 0 spiro atoms. The smallest absolute Gasteiger partial charge is 0.339 e. The first kappa shape index (κ1) is 12.6. The van der Waals surface area contributed by atoms with Crippen molar-refractivity contribution < 1.29 is 24.9 Å². The number of hydrogen-bond donors (Lipinski definition) is 3. The molecule has 98 valence electrons. The van der Waals surface area contributed by atoms with Crippen molar-refractivity contribution in [2.75, 3.05) is 0 Å². The second-order valence-corrected chi connectivity index (χ2v) is 3.87. The molecule has 2 aromatic rings. The zero-order chi connectivity index (χ0) is 14.2. The summed E-state index contributed by atoms with van der Waals surface area (Å²) in [4.78, 5) is 21.8. The van der Waals surface area contributed by atoms with E-state index < -0.39 is 11.9 Å². The molecule has 7 nitrogen and oxygen atoms in total. The summed E-state index contributed by atoms with van der Waals surface area (Å²) in [6.07, 6.45) is 1.19. The summed E-state index contributed by atoms with van der Waals surface area (Å²) in [5.41, 5.74) is 0.490. The SMILES string of the molecule is Cc1c(C(=O)O)cnn1-c1ccc(O)c(C(=O)O)c1. The fourth-order valence-corrected chi connectivity index (χ4v) is 1.71. The van der Waals surface area contributed by atoms with Gasteiger partial charge in [-0.05, 0) is 25.1 Å². The summed E-state index contributed by atoms with van der Waals surface area (Å²) >= 11 is 0. The average Bonchev–Trinajstić information content (AvgIpc) is 2.71. The minimum atomic E-state index is -1.28. The molecule has 1 aromatic heterocycles. The summed E-state index contributed by atoms with van der Waals surface area (Å²) < 4.78 is 1.30.